The molecular formula is C22H28N2OS. The van der Waals surface area contributed by atoms with Gasteiger partial charge in [0.15, 0.2) is 0 Å². The number of aryl methyl sites for hydroxylation is 1. The van der Waals surface area contributed by atoms with Crippen molar-refractivity contribution in [1.29, 1.82) is 0 Å². The van der Waals surface area contributed by atoms with Gasteiger partial charge in [0, 0.05) is 38.5 Å². The predicted octanol–water partition coefficient (Wildman–Crippen LogP) is 3.96. The van der Waals surface area contributed by atoms with Gasteiger partial charge in [-0.2, -0.15) is 0 Å². The summed E-state index contributed by atoms with van der Waals surface area (Å²) >= 11 is 1.72. The lowest BCUT2D eigenvalue weighted by atomic mass is 10.2. The van der Waals surface area contributed by atoms with Gasteiger partial charge in [-0.1, -0.05) is 60.2 Å². The van der Waals surface area contributed by atoms with Crippen LogP contribution in [0.2, 0.25) is 0 Å². The molecule has 0 bridgehead atoms. The molecule has 1 aliphatic heterocycles. The fraction of sp³-hybridized carbons (Fsp3) is 0.409. The van der Waals surface area contributed by atoms with Crippen LogP contribution in [-0.4, -0.2) is 47.6 Å². The Morgan fingerprint density at radius 3 is 2.46 bits per heavy atom. The molecule has 138 valence electrons. The smallest absolute Gasteiger partial charge is 0.232 e. The average Bonchev–Trinajstić information content (AvgIpc) is 2.90. The Balaban J connectivity index is 1.41. The van der Waals surface area contributed by atoms with Crippen LogP contribution in [-0.2, 0) is 17.1 Å². The van der Waals surface area contributed by atoms with Crippen molar-refractivity contribution >= 4 is 17.7 Å². The molecule has 3 nitrogen and oxygen atoms in total. The number of hydrogen-bond acceptors (Lipinski definition) is 3. The van der Waals surface area contributed by atoms with Gasteiger partial charge in [-0.25, -0.2) is 0 Å². The predicted molar refractivity (Wildman–Crippen MR) is 110 cm³/mol. The Hall–Kier alpha value is -1.78. The van der Waals surface area contributed by atoms with Crippen molar-refractivity contribution in [2.75, 3.05) is 31.9 Å². The molecular weight excluding hydrogens is 340 g/mol. The number of thioether (sulfide) groups is 1. The van der Waals surface area contributed by atoms with E-state index in [1.54, 1.807) is 11.8 Å². The molecule has 0 N–H and O–H groups in total. The molecule has 2 aromatic rings. The summed E-state index contributed by atoms with van der Waals surface area (Å²) in [6.45, 7) is 6.83. The van der Waals surface area contributed by atoms with E-state index >= 15 is 0 Å². The summed E-state index contributed by atoms with van der Waals surface area (Å²) in [7, 11) is 0. The monoisotopic (exact) mass is 368 g/mol. The van der Waals surface area contributed by atoms with Crippen LogP contribution in [0.25, 0.3) is 0 Å². The fourth-order valence-corrected chi connectivity index (χ4v) is 4.14. The lowest BCUT2D eigenvalue weighted by Crippen LogP contribution is -2.36. The normalized spacial score (nSPS) is 15.7. The summed E-state index contributed by atoms with van der Waals surface area (Å²) in [4.78, 5) is 17.1. The van der Waals surface area contributed by atoms with E-state index in [4.69, 9.17) is 0 Å². The Bertz CT molecular complexity index is 687. The minimum atomic E-state index is 0.281. The van der Waals surface area contributed by atoms with Crippen molar-refractivity contribution in [2.24, 2.45) is 0 Å². The van der Waals surface area contributed by atoms with E-state index in [9.17, 15) is 4.79 Å². The maximum absolute atomic E-state index is 12.5. The second kappa shape index (κ2) is 9.79. The summed E-state index contributed by atoms with van der Waals surface area (Å²) in [5.74, 6) is 1.76. The third-order valence-electron chi connectivity index (χ3n) is 4.81. The van der Waals surface area contributed by atoms with Gasteiger partial charge in [-0.05, 0) is 24.5 Å². The number of carbonyl (C=O) groups is 1. The number of hydrogen-bond donors (Lipinski definition) is 0. The molecule has 26 heavy (non-hydrogen) atoms. The molecule has 4 heteroatoms. The van der Waals surface area contributed by atoms with Gasteiger partial charge < -0.3 is 4.90 Å². The van der Waals surface area contributed by atoms with Gasteiger partial charge in [0.2, 0.25) is 5.91 Å². The van der Waals surface area contributed by atoms with Crippen LogP contribution in [0.15, 0.2) is 54.6 Å². The van der Waals surface area contributed by atoms with Crippen molar-refractivity contribution < 1.29 is 4.79 Å². The highest BCUT2D eigenvalue weighted by molar-refractivity contribution is 7.99. The molecule has 0 atom stereocenters. The van der Waals surface area contributed by atoms with Crippen LogP contribution in [0.3, 0.4) is 0 Å². The first kappa shape index (κ1) is 19.0. The topological polar surface area (TPSA) is 23.6 Å². The molecule has 1 heterocycles. The first-order chi connectivity index (χ1) is 12.7. The molecule has 0 radical (unpaired) electrons. The van der Waals surface area contributed by atoms with E-state index < -0.39 is 0 Å². The summed E-state index contributed by atoms with van der Waals surface area (Å²) in [6, 6.07) is 19.2. The van der Waals surface area contributed by atoms with Crippen LogP contribution in [0.5, 0.6) is 0 Å². The molecule has 3 rings (SSSR count). The molecule has 1 amide bonds. The van der Waals surface area contributed by atoms with Crippen LogP contribution in [0.4, 0.5) is 0 Å². The van der Waals surface area contributed by atoms with Gasteiger partial charge in [-0.15, -0.1) is 11.8 Å². The van der Waals surface area contributed by atoms with E-state index in [0.29, 0.717) is 5.75 Å². The third-order valence-corrected chi connectivity index (χ3v) is 5.79. The summed E-state index contributed by atoms with van der Waals surface area (Å²) in [6.07, 6.45) is 1.06. The second-order valence-electron chi connectivity index (χ2n) is 6.97. The molecule has 0 saturated carbocycles. The van der Waals surface area contributed by atoms with E-state index in [2.05, 4.69) is 66.4 Å². The molecule has 0 spiro atoms. The Morgan fingerprint density at radius 1 is 0.923 bits per heavy atom. The lowest BCUT2D eigenvalue weighted by molar-refractivity contribution is -0.128. The van der Waals surface area contributed by atoms with Gasteiger partial charge in [0.25, 0.3) is 0 Å². The summed E-state index contributed by atoms with van der Waals surface area (Å²) < 4.78 is 0. The molecule has 1 saturated heterocycles. The zero-order chi connectivity index (χ0) is 18.2. The first-order valence-corrected chi connectivity index (χ1v) is 10.5. The van der Waals surface area contributed by atoms with Gasteiger partial charge in [0.1, 0.15) is 0 Å². The minimum Gasteiger partial charge on any atom is -0.341 e. The quantitative estimate of drug-likeness (QED) is 0.771. The number of carbonyl (C=O) groups excluding carboxylic acids is 1. The molecule has 1 aliphatic rings. The van der Waals surface area contributed by atoms with Gasteiger partial charge in [0.05, 0.1) is 5.75 Å². The first-order valence-electron chi connectivity index (χ1n) is 9.38. The van der Waals surface area contributed by atoms with Crippen LogP contribution in [0.1, 0.15) is 23.1 Å². The van der Waals surface area contributed by atoms with Crippen LogP contribution in [0, 0.1) is 6.92 Å². The van der Waals surface area contributed by atoms with Crippen molar-refractivity contribution in [3.8, 4) is 0 Å². The molecule has 0 unspecified atom stereocenters. The number of amides is 1. The van der Waals surface area contributed by atoms with E-state index in [-0.39, 0.29) is 5.91 Å². The summed E-state index contributed by atoms with van der Waals surface area (Å²) in [5, 5.41) is 0. The van der Waals surface area contributed by atoms with Crippen LogP contribution < -0.4 is 0 Å². The minimum absolute atomic E-state index is 0.281. The maximum Gasteiger partial charge on any atom is 0.232 e. The largest absolute Gasteiger partial charge is 0.341 e. The Labute approximate surface area is 161 Å². The zero-order valence-corrected chi connectivity index (χ0v) is 16.4. The van der Waals surface area contributed by atoms with Crippen LogP contribution >= 0.6 is 11.8 Å². The average molecular weight is 369 g/mol. The van der Waals surface area contributed by atoms with Gasteiger partial charge >= 0.3 is 0 Å². The molecule has 0 aliphatic carbocycles. The maximum atomic E-state index is 12.5. The molecule has 0 aromatic heterocycles. The third kappa shape index (κ3) is 5.89. The Morgan fingerprint density at radius 2 is 1.69 bits per heavy atom. The lowest BCUT2D eigenvalue weighted by Gasteiger charge is -2.22. The SMILES string of the molecule is Cc1ccc(CSCC(=O)N2CCCN(Cc3ccccc3)CC2)cc1. The Kier molecular flexibility index (Phi) is 7.15. The number of benzene rings is 2. The fourth-order valence-electron chi connectivity index (χ4n) is 3.25. The zero-order valence-electron chi connectivity index (χ0n) is 15.6. The number of nitrogens with zero attached hydrogens (tertiary/aromatic N) is 2. The van der Waals surface area contributed by atoms with Gasteiger partial charge in [-0.3, -0.25) is 9.69 Å². The van der Waals surface area contributed by atoms with E-state index in [0.717, 1.165) is 44.9 Å². The van der Waals surface area contributed by atoms with Crippen molar-refractivity contribution in [1.82, 2.24) is 9.80 Å². The van der Waals surface area contributed by atoms with E-state index in [1.807, 2.05) is 4.90 Å². The van der Waals surface area contributed by atoms with Crippen molar-refractivity contribution in [2.45, 2.75) is 25.6 Å². The van der Waals surface area contributed by atoms with Crippen molar-refractivity contribution in [3.05, 3.63) is 71.3 Å². The van der Waals surface area contributed by atoms with Crippen molar-refractivity contribution in [3.63, 3.8) is 0 Å². The number of rotatable bonds is 6. The summed E-state index contributed by atoms with van der Waals surface area (Å²) in [5.41, 5.74) is 3.92. The highest BCUT2D eigenvalue weighted by Crippen LogP contribution is 2.15. The second-order valence-corrected chi connectivity index (χ2v) is 7.96. The molecule has 2 aromatic carbocycles. The highest BCUT2D eigenvalue weighted by atomic mass is 32.2. The molecule has 1 fully saturated rings. The highest BCUT2D eigenvalue weighted by Gasteiger charge is 2.19. The standard InChI is InChI=1S/C22H28N2OS/c1-19-8-10-21(11-9-19)17-26-18-22(25)24-13-5-12-23(14-15-24)16-20-6-3-2-4-7-20/h2-4,6-11H,5,12-18H2,1H3. The van der Waals surface area contributed by atoms with E-state index in [1.165, 1.54) is 16.7 Å².